The molecule has 0 N–H and O–H groups in total. The van der Waals surface area contributed by atoms with Crippen molar-refractivity contribution in [2.24, 2.45) is 0 Å². The van der Waals surface area contributed by atoms with Crippen LogP contribution in [-0.4, -0.2) is 9.55 Å². The van der Waals surface area contributed by atoms with Gasteiger partial charge in [-0.05, 0) is 12.5 Å². The van der Waals surface area contributed by atoms with Crippen LogP contribution in [0.15, 0.2) is 42.9 Å². The number of aromatic nitrogens is 2. The van der Waals surface area contributed by atoms with Gasteiger partial charge in [-0.25, -0.2) is 4.98 Å². The molecule has 2 rings (SSSR count). The van der Waals surface area contributed by atoms with Gasteiger partial charge in [-0.15, -0.1) is 0 Å². The Labute approximate surface area is 88.2 Å². The number of hydrogen-bond acceptors (Lipinski definition) is 1. The van der Waals surface area contributed by atoms with Crippen molar-refractivity contribution >= 4 is 11.6 Å². The summed E-state index contributed by atoms with van der Waals surface area (Å²) in [5, 5.41) is 0.535. The Morgan fingerprint density at radius 2 is 2.00 bits per heavy atom. The van der Waals surface area contributed by atoms with Crippen LogP contribution >= 0.6 is 11.6 Å². The highest BCUT2D eigenvalue weighted by atomic mass is 35.5. The van der Waals surface area contributed by atoms with Crippen molar-refractivity contribution in [3.63, 3.8) is 0 Å². The van der Waals surface area contributed by atoms with Crippen LogP contribution in [0.2, 0.25) is 5.15 Å². The normalized spacial score (nSPS) is 12.7. The first-order valence-corrected chi connectivity index (χ1v) is 4.89. The van der Waals surface area contributed by atoms with E-state index in [9.17, 15) is 0 Å². The predicted molar refractivity (Wildman–Crippen MR) is 57.5 cm³/mol. The molecule has 2 aromatic rings. The van der Waals surface area contributed by atoms with Gasteiger partial charge in [-0.1, -0.05) is 41.9 Å². The smallest absolute Gasteiger partial charge is 0.147 e. The summed E-state index contributed by atoms with van der Waals surface area (Å²) in [6.45, 7) is 2.12. The Hall–Kier alpha value is -1.28. The Kier molecular flexibility index (Phi) is 2.55. The summed E-state index contributed by atoms with van der Waals surface area (Å²) in [7, 11) is 0. The largest absolute Gasteiger partial charge is 0.329 e. The fourth-order valence-corrected chi connectivity index (χ4v) is 1.58. The lowest BCUT2D eigenvalue weighted by atomic mass is 10.1. The van der Waals surface area contributed by atoms with Crippen molar-refractivity contribution in [2.75, 3.05) is 0 Å². The minimum Gasteiger partial charge on any atom is -0.329 e. The molecule has 3 heteroatoms. The van der Waals surface area contributed by atoms with E-state index in [1.807, 2.05) is 29.0 Å². The van der Waals surface area contributed by atoms with Gasteiger partial charge in [0.15, 0.2) is 0 Å². The van der Waals surface area contributed by atoms with Gasteiger partial charge >= 0.3 is 0 Å². The first kappa shape index (κ1) is 9.28. The monoisotopic (exact) mass is 206 g/mol. The van der Waals surface area contributed by atoms with E-state index >= 15 is 0 Å². The third kappa shape index (κ3) is 1.80. The number of benzene rings is 1. The second-order valence-electron chi connectivity index (χ2n) is 3.23. The first-order valence-electron chi connectivity index (χ1n) is 4.51. The number of rotatable bonds is 2. The van der Waals surface area contributed by atoms with Crippen LogP contribution in [-0.2, 0) is 0 Å². The van der Waals surface area contributed by atoms with Crippen LogP contribution < -0.4 is 0 Å². The topological polar surface area (TPSA) is 17.8 Å². The van der Waals surface area contributed by atoms with Crippen LogP contribution in [0.25, 0.3) is 0 Å². The Bertz CT molecular complexity index is 408. The minimum atomic E-state index is 0.274. The number of imidazole rings is 1. The summed E-state index contributed by atoms with van der Waals surface area (Å²) in [5.41, 5.74) is 1.25. The highest BCUT2D eigenvalue weighted by Crippen LogP contribution is 2.18. The Morgan fingerprint density at radius 1 is 1.29 bits per heavy atom. The molecule has 1 heterocycles. The van der Waals surface area contributed by atoms with Gasteiger partial charge in [0.25, 0.3) is 0 Å². The van der Waals surface area contributed by atoms with Gasteiger partial charge in [0.05, 0.1) is 12.4 Å². The molecule has 0 aliphatic carbocycles. The molecule has 0 fully saturated rings. The average Bonchev–Trinajstić information content (AvgIpc) is 2.65. The van der Waals surface area contributed by atoms with Crippen LogP contribution in [0.4, 0.5) is 0 Å². The van der Waals surface area contributed by atoms with Crippen LogP contribution in [0.1, 0.15) is 18.5 Å². The van der Waals surface area contributed by atoms with E-state index in [1.165, 1.54) is 5.56 Å². The Balaban J connectivity index is 2.29. The van der Waals surface area contributed by atoms with Crippen LogP contribution in [0.5, 0.6) is 0 Å². The molecule has 0 aliphatic heterocycles. The first-order chi connectivity index (χ1) is 6.77. The van der Waals surface area contributed by atoms with Crippen molar-refractivity contribution in [1.82, 2.24) is 9.55 Å². The number of halogens is 1. The van der Waals surface area contributed by atoms with Crippen molar-refractivity contribution in [2.45, 2.75) is 13.0 Å². The summed E-state index contributed by atoms with van der Waals surface area (Å²) >= 11 is 5.76. The molecule has 14 heavy (non-hydrogen) atoms. The molecule has 2 nitrogen and oxygen atoms in total. The number of hydrogen-bond donors (Lipinski definition) is 0. The molecule has 0 spiro atoms. The van der Waals surface area contributed by atoms with Gasteiger partial charge in [0, 0.05) is 6.20 Å². The number of nitrogens with zero attached hydrogens (tertiary/aromatic N) is 2. The molecule has 0 saturated heterocycles. The molecular formula is C11H11ClN2. The predicted octanol–water partition coefficient (Wildman–Crippen LogP) is 3.15. The molecule has 0 aliphatic rings. The molecular weight excluding hydrogens is 196 g/mol. The van der Waals surface area contributed by atoms with Crippen LogP contribution in [0, 0.1) is 0 Å². The highest BCUT2D eigenvalue weighted by molar-refractivity contribution is 6.29. The molecule has 0 unspecified atom stereocenters. The van der Waals surface area contributed by atoms with Crippen molar-refractivity contribution in [1.29, 1.82) is 0 Å². The molecule has 1 aromatic heterocycles. The maximum Gasteiger partial charge on any atom is 0.147 e. The third-order valence-electron chi connectivity index (χ3n) is 2.30. The Morgan fingerprint density at radius 3 is 2.57 bits per heavy atom. The van der Waals surface area contributed by atoms with Gasteiger partial charge in [0.1, 0.15) is 5.15 Å². The lowest BCUT2D eigenvalue weighted by Crippen LogP contribution is -2.03. The quantitative estimate of drug-likeness (QED) is 0.738. The maximum absolute atomic E-state index is 5.76. The van der Waals surface area contributed by atoms with E-state index in [0.717, 1.165) is 0 Å². The highest BCUT2D eigenvalue weighted by Gasteiger charge is 2.06. The summed E-state index contributed by atoms with van der Waals surface area (Å²) in [6, 6.07) is 10.5. The van der Waals surface area contributed by atoms with Gasteiger partial charge in [0.2, 0.25) is 0 Å². The van der Waals surface area contributed by atoms with Gasteiger partial charge in [-0.3, -0.25) is 0 Å². The van der Waals surface area contributed by atoms with E-state index in [-0.39, 0.29) is 6.04 Å². The minimum absolute atomic E-state index is 0.274. The fourth-order valence-electron chi connectivity index (χ4n) is 1.43. The summed E-state index contributed by atoms with van der Waals surface area (Å²) in [6.07, 6.45) is 3.58. The molecule has 0 amide bonds. The fraction of sp³-hybridized carbons (Fsp3) is 0.182. The SMILES string of the molecule is C[C@H](c1ccccc1)n1cnc(Cl)c1. The zero-order valence-electron chi connectivity index (χ0n) is 7.89. The summed E-state index contributed by atoms with van der Waals surface area (Å²) < 4.78 is 2.00. The summed E-state index contributed by atoms with van der Waals surface area (Å²) in [5.74, 6) is 0. The van der Waals surface area contributed by atoms with Crippen molar-refractivity contribution < 1.29 is 0 Å². The second kappa shape index (κ2) is 3.84. The zero-order chi connectivity index (χ0) is 9.97. The van der Waals surface area contributed by atoms with Gasteiger partial charge < -0.3 is 4.57 Å². The lowest BCUT2D eigenvalue weighted by molar-refractivity contribution is 0.638. The summed E-state index contributed by atoms with van der Waals surface area (Å²) in [4.78, 5) is 3.99. The second-order valence-corrected chi connectivity index (χ2v) is 3.62. The van der Waals surface area contributed by atoms with E-state index in [2.05, 4.69) is 24.0 Å². The molecule has 0 saturated carbocycles. The molecule has 0 radical (unpaired) electrons. The third-order valence-corrected chi connectivity index (χ3v) is 2.49. The zero-order valence-corrected chi connectivity index (χ0v) is 8.65. The average molecular weight is 207 g/mol. The van der Waals surface area contributed by atoms with E-state index in [0.29, 0.717) is 5.15 Å². The van der Waals surface area contributed by atoms with Crippen LogP contribution in [0.3, 0.4) is 0 Å². The maximum atomic E-state index is 5.76. The van der Waals surface area contributed by atoms with E-state index in [1.54, 1.807) is 6.33 Å². The van der Waals surface area contributed by atoms with Crippen molar-refractivity contribution in [3.8, 4) is 0 Å². The molecule has 1 aromatic carbocycles. The van der Waals surface area contributed by atoms with Gasteiger partial charge in [-0.2, -0.15) is 0 Å². The lowest BCUT2D eigenvalue weighted by Gasteiger charge is -2.12. The van der Waals surface area contributed by atoms with E-state index < -0.39 is 0 Å². The van der Waals surface area contributed by atoms with E-state index in [4.69, 9.17) is 11.6 Å². The van der Waals surface area contributed by atoms with Crippen molar-refractivity contribution in [3.05, 3.63) is 53.6 Å². The molecule has 72 valence electrons. The molecule has 1 atom stereocenters. The standard InChI is InChI=1S/C11H11ClN2/c1-9(10-5-3-2-4-6-10)14-7-11(12)13-8-14/h2-9H,1H3/t9-/m1/s1. The molecule has 0 bridgehead atoms.